The fourth-order valence-electron chi connectivity index (χ4n) is 2.52. The molecule has 1 atom stereocenters. The number of pyridine rings is 1. The minimum atomic E-state index is -0.310. The van der Waals surface area contributed by atoms with Gasteiger partial charge in [0.05, 0.1) is 18.2 Å². The molecule has 0 aliphatic rings. The highest BCUT2D eigenvalue weighted by Crippen LogP contribution is 2.18. The van der Waals surface area contributed by atoms with Gasteiger partial charge in [0.15, 0.2) is 0 Å². The van der Waals surface area contributed by atoms with Gasteiger partial charge in [-0.1, -0.05) is 44.2 Å². The average molecular weight is 323 g/mol. The molecular weight excluding hydrogens is 302 g/mol. The number of rotatable bonds is 6. The van der Waals surface area contributed by atoms with Crippen molar-refractivity contribution in [3.05, 3.63) is 65.5 Å². The largest absolute Gasteiger partial charge is 0.394 e. The highest BCUT2D eigenvalue weighted by molar-refractivity contribution is 5.92. The normalized spacial score (nSPS) is 11.8. The number of hydrogen-bond acceptors (Lipinski definition) is 4. The lowest BCUT2D eigenvalue weighted by Gasteiger charge is -2.33. The average Bonchev–Trinajstić information content (AvgIpc) is 2.61. The zero-order chi connectivity index (χ0) is 17.5. The second kappa shape index (κ2) is 8.23. The molecule has 5 heteroatoms. The van der Waals surface area contributed by atoms with Crippen LogP contribution in [0.4, 0.5) is 0 Å². The number of hydrogen-bond donors (Lipinski definition) is 1. The maximum Gasteiger partial charge on any atom is 0.273 e. The molecule has 0 saturated carbocycles. The third kappa shape index (κ3) is 4.18. The summed E-state index contributed by atoms with van der Waals surface area (Å²) in [5.74, 6) is -0.155. The molecule has 2 rings (SSSR count). The Balaban J connectivity index is 2.32. The van der Waals surface area contributed by atoms with E-state index in [1.54, 1.807) is 17.0 Å². The van der Waals surface area contributed by atoms with Crippen molar-refractivity contribution in [2.45, 2.75) is 26.4 Å². The van der Waals surface area contributed by atoms with E-state index in [0.29, 0.717) is 12.1 Å². The fourth-order valence-corrected chi connectivity index (χ4v) is 2.52. The predicted molar refractivity (Wildman–Crippen MR) is 91.0 cm³/mol. The number of aliphatic hydroxyl groups is 1. The molecule has 1 amide bonds. The maximum atomic E-state index is 12.9. The molecule has 0 spiro atoms. The Morgan fingerprint density at radius 3 is 2.46 bits per heavy atom. The lowest BCUT2D eigenvalue weighted by Crippen LogP contribution is -2.45. The zero-order valence-electron chi connectivity index (χ0n) is 13.9. The van der Waals surface area contributed by atoms with Crippen LogP contribution >= 0.6 is 0 Å². The topological polar surface area (TPSA) is 77.2 Å². The molecule has 0 saturated heterocycles. The quantitative estimate of drug-likeness (QED) is 0.886. The van der Waals surface area contributed by atoms with Crippen LogP contribution < -0.4 is 0 Å². The van der Waals surface area contributed by atoms with E-state index in [1.165, 1.54) is 6.20 Å². The summed E-state index contributed by atoms with van der Waals surface area (Å²) in [7, 11) is 0. The van der Waals surface area contributed by atoms with E-state index in [2.05, 4.69) is 4.98 Å². The molecule has 1 heterocycles. The Hall–Kier alpha value is -2.71. The van der Waals surface area contributed by atoms with Gasteiger partial charge in [-0.2, -0.15) is 5.26 Å². The van der Waals surface area contributed by atoms with Crippen LogP contribution in [0.2, 0.25) is 0 Å². The third-order valence-electron chi connectivity index (χ3n) is 3.93. The minimum absolute atomic E-state index is 0.0982. The van der Waals surface area contributed by atoms with Crippen molar-refractivity contribution in [1.29, 1.82) is 5.26 Å². The Kier molecular flexibility index (Phi) is 6.05. The van der Waals surface area contributed by atoms with Gasteiger partial charge in [-0.15, -0.1) is 0 Å². The number of amides is 1. The highest BCUT2D eigenvalue weighted by atomic mass is 16.3. The van der Waals surface area contributed by atoms with Gasteiger partial charge in [-0.3, -0.25) is 4.79 Å². The van der Waals surface area contributed by atoms with E-state index in [0.717, 1.165) is 5.56 Å². The minimum Gasteiger partial charge on any atom is -0.394 e. The summed E-state index contributed by atoms with van der Waals surface area (Å²) in [6.45, 7) is 4.22. The summed E-state index contributed by atoms with van der Waals surface area (Å²) in [4.78, 5) is 18.7. The Morgan fingerprint density at radius 1 is 1.25 bits per heavy atom. The first-order chi connectivity index (χ1) is 11.6. The van der Waals surface area contributed by atoms with Gasteiger partial charge in [-0.25, -0.2) is 4.98 Å². The van der Waals surface area contributed by atoms with Gasteiger partial charge in [0.25, 0.3) is 5.91 Å². The fraction of sp³-hybridized carbons (Fsp3) is 0.316. The van der Waals surface area contributed by atoms with Gasteiger partial charge in [0.1, 0.15) is 11.8 Å². The molecule has 0 unspecified atom stereocenters. The van der Waals surface area contributed by atoms with Crippen LogP contribution in [-0.4, -0.2) is 33.5 Å². The highest BCUT2D eigenvalue weighted by Gasteiger charge is 2.27. The number of aliphatic hydroxyl groups excluding tert-OH is 1. The molecule has 124 valence electrons. The van der Waals surface area contributed by atoms with Crippen LogP contribution in [0.1, 0.15) is 35.5 Å². The van der Waals surface area contributed by atoms with Gasteiger partial charge < -0.3 is 10.0 Å². The summed E-state index contributed by atoms with van der Waals surface area (Å²) < 4.78 is 0. The standard InChI is InChI=1S/C19H21N3O2/c1-14(2)18(13-23)22(12-15-6-4-3-5-7-15)19(24)17-9-8-16(10-20)11-21-17/h3-9,11,14,18,23H,12-13H2,1-2H3/t18-/m0/s1. The van der Waals surface area contributed by atoms with Gasteiger partial charge in [0.2, 0.25) is 0 Å². The van der Waals surface area contributed by atoms with Crippen molar-refractivity contribution in [3.8, 4) is 6.07 Å². The summed E-state index contributed by atoms with van der Waals surface area (Å²) >= 11 is 0. The molecule has 0 aliphatic carbocycles. The van der Waals surface area contributed by atoms with E-state index in [4.69, 9.17) is 5.26 Å². The first kappa shape index (κ1) is 17.6. The van der Waals surface area contributed by atoms with E-state index in [9.17, 15) is 9.90 Å². The lowest BCUT2D eigenvalue weighted by atomic mass is 10.0. The van der Waals surface area contributed by atoms with E-state index in [-0.39, 0.29) is 30.2 Å². The smallest absolute Gasteiger partial charge is 0.273 e. The molecule has 0 fully saturated rings. The van der Waals surface area contributed by atoms with Crippen LogP contribution in [0.5, 0.6) is 0 Å². The molecule has 24 heavy (non-hydrogen) atoms. The van der Waals surface area contributed by atoms with Crippen LogP contribution in [0.15, 0.2) is 48.7 Å². The second-order valence-electron chi connectivity index (χ2n) is 5.96. The summed E-state index contributed by atoms with van der Waals surface area (Å²) in [5.41, 5.74) is 1.66. The van der Waals surface area contributed by atoms with Gasteiger partial charge in [-0.05, 0) is 23.6 Å². The van der Waals surface area contributed by atoms with Crippen LogP contribution in [0, 0.1) is 17.2 Å². The molecule has 0 aliphatic heterocycles. The molecule has 2 aromatic rings. The van der Waals surface area contributed by atoms with Crippen molar-refractivity contribution < 1.29 is 9.90 Å². The lowest BCUT2D eigenvalue weighted by molar-refractivity contribution is 0.0476. The van der Waals surface area contributed by atoms with Crippen LogP contribution in [0.3, 0.4) is 0 Å². The maximum absolute atomic E-state index is 12.9. The Bertz CT molecular complexity index is 706. The summed E-state index contributed by atoms with van der Waals surface area (Å²) in [6, 6.07) is 14.4. The molecule has 1 aromatic carbocycles. The molecule has 0 radical (unpaired) electrons. The molecular formula is C19H21N3O2. The summed E-state index contributed by atoms with van der Waals surface area (Å²) in [5, 5.41) is 18.6. The third-order valence-corrected chi connectivity index (χ3v) is 3.93. The monoisotopic (exact) mass is 323 g/mol. The van der Waals surface area contributed by atoms with Crippen molar-refractivity contribution in [3.63, 3.8) is 0 Å². The molecule has 0 bridgehead atoms. The van der Waals surface area contributed by atoms with Crippen molar-refractivity contribution >= 4 is 5.91 Å². The number of carbonyl (C=O) groups is 1. The van der Waals surface area contributed by atoms with Crippen LogP contribution in [0.25, 0.3) is 0 Å². The summed E-state index contributed by atoms with van der Waals surface area (Å²) in [6.07, 6.45) is 1.39. The first-order valence-electron chi connectivity index (χ1n) is 7.88. The van der Waals surface area contributed by atoms with Gasteiger partial charge in [0, 0.05) is 12.7 Å². The number of nitrogens with zero attached hydrogens (tertiary/aromatic N) is 3. The van der Waals surface area contributed by atoms with E-state index < -0.39 is 0 Å². The Morgan fingerprint density at radius 2 is 1.96 bits per heavy atom. The van der Waals surface area contributed by atoms with E-state index >= 15 is 0 Å². The van der Waals surface area contributed by atoms with E-state index in [1.807, 2.05) is 50.2 Å². The van der Waals surface area contributed by atoms with Crippen LogP contribution in [-0.2, 0) is 6.54 Å². The zero-order valence-corrected chi connectivity index (χ0v) is 13.9. The Labute approximate surface area is 142 Å². The van der Waals surface area contributed by atoms with Crippen molar-refractivity contribution in [2.75, 3.05) is 6.61 Å². The van der Waals surface area contributed by atoms with Crippen molar-refractivity contribution in [2.24, 2.45) is 5.92 Å². The number of aromatic nitrogens is 1. The second-order valence-corrected chi connectivity index (χ2v) is 5.96. The number of carbonyl (C=O) groups excluding carboxylic acids is 1. The number of nitriles is 1. The van der Waals surface area contributed by atoms with Gasteiger partial charge >= 0.3 is 0 Å². The molecule has 5 nitrogen and oxygen atoms in total. The first-order valence-corrected chi connectivity index (χ1v) is 7.88. The van der Waals surface area contributed by atoms with Crippen molar-refractivity contribution in [1.82, 2.24) is 9.88 Å². The predicted octanol–water partition coefficient (Wildman–Crippen LogP) is 2.61. The number of benzene rings is 1. The molecule has 1 aromatic heterocycles. The molecule has 1 N–H and O–H groups in total. The SMILES string of the molecule is CC(C)[C@H](CO)N(Cc1ccccc1)C(=O)c1ccc(C#N)cn1.